The first-order valence-corrected chi connectivity index (χ1v) is 5.22. The Labute approximate surface area is 84.7 Å². The largest absolute Gasteiger partial charge is 0.508 e. The molecule has 0 bridgehead atoms. The Morgan fingerprint density at radius 2 is 2.21 bits per heavy atom. The van der Waals surface area contributed by atoms with Crippen molar-refractivity contribution in [2.24, 2.45) is 11.7 Å². The Morgan fingerprint density at radius 1 is 1.50 bits per heavy atom. The SMILES string of the molecule is Cc1ccc([C@H](N)CC2CC2)c(O)c1. The van der Waals surface area contributed by atoms with E-state index in [1.54, 1.807) is 6.07 Å². The van der Waals surface area contributed by atoms with Gasteiger partial charge < -0.3 is 10.8 Å². The van der Waals surface area contributed by atoms with Gasteiger partial charge in [-0.1, -0.05) is 25.0 Å². The van der Waals surface area contributed by atoms with Crippen LogP contribution < -0.4 is 5.73 Å². The second kappa shape index (κ2) is 3.62. The van der Waals surface area contributed by atoms with E-state index in [1.165, 1.54) is 12.8 Å². The van der Waals surface area contributed by atoms with E-state index < -0.39 is 0 Å². The molecule has 0 spiro atoms. The molecular formula is C12H17NO. The van der Waals surface area contributed by atoms with Crippen molar-refractivity contribution in [1.82, 2.24) is 0 Å². The van der Waals surface area contributed by atoms with E-state index in [1.807, 2.05) is 19.1 Å². The molecule has 1 fully saturated rings. The minimum Gasteiger partial charge on any atom is -0.508 e. The fourth-order valence-corrected chi connectivity index (χ4v) is 1.81. The lowest BCUT2D eigenvalue weighted by molar-refractivity contribution is 0.455. The molecule has 0 amide bonds. The van der Waals surface area contributed by atoms with Crippen LogP contribution in [0, 0.1) is 12.8 Å². The third-order valence-electron chi connectivity index (χ3n) is 2.87. The van der Waals surface area contributed by atoms with Gasteiger partial charge in [0.2, 0.25) is 0 Å². The fraction of sp³-hybridized carbons (Fsp3) is 0.500. The van der Waals surface area contributed by atoms with Crippen molar-refractivity contribution >= 4 is 0 Å². The average molecular weight is 191 g/mol. The Hall–Kier alpha value is -1.02. The molecule has 1 atom stereocenters. The van der Waals surface area contributed by atoms with E-state index in [9.17, 15) is 5.11 Å². The molecule has 14 heavy (non-hydrogen) atoms. The third-order valence-corrected chi connectivity index (χ3v) is 2.87. The Kier molecular flexibility index (Phi) is 2.46. The van der Waals surface area contributed by atoms with Crippen LogP contribution in [0.15, 0.2) is 18.2 Å². The van der Waals surface area contributed by atoms with E-state index in [4.69, 9.17) is 5.73 Å². The first-order chi connectivity index (χ1) is 6.66. The van der Waals surface area contributed by atoms with Gasteiger partial charge in [0.1, 0.15) is 5.75 Å². The van der Waals surface area contributed by atoms with Crippen LogP contribution in [0.5, 0.6) is 5.75 Å². The number of aryl methyl sites for hydroxylation is 1. The van der Waals surface area contributed by atoms with E-state index in [-0.39, 0.29) is 6.04 Å². The molecular weight excluding hydrogens is 174 g/mol. The lowest BCUT2D eigenvalue weighted by Gasteiger charge is -2.13. The van der Waals surface area contributed by atoms with Gasteiger partial charge in [-0.05, 0) is 30.9 Å². The molecule has 1 aliphatic rings. The second-order valence-electron chi connectivity index (χ2n) is 4.35. The predicted molar refractivity (Wildman–Crippen MR) is 57.1 cm³/mol. The van der Waals surface area contributed by atoms with Gasteiger partial charge in [-0.2, -0.15) is 0 Å². The van der Waals surface area contributed by atoms with Gasteiger partial charge in [0, 0.05) is 11.6 Å². The van der Waals surface area contributed by atoms with E-state index in [2.05, 4.69) is 0 Å². The Bertz CT molecular complexity index is 331. The standard InChI is InChI=1S/C12H17NO/c1-8-2-5-10(12(14)6-8)11(13)7-9-3-4-9/h2,5-6,9,11,14H,3-4,7,13H2,1H3/t11-/m1/s1. The molecule has 0 aliphatic heterocycles. The smallest absolute Gasteiger partial charge is 0.120 e. The maximum atomic E-state index is 9.72. The van der Waals surface area contributed by atoms with E-state index in [0.29, 0.717) is 5.75 Å². The number of nitrogens with two attached hydrogens (primary N) is 1. The fourth-order valence-electron chi connectivity index (χ4n) is 1.81. The minimum atomic E-state index is 0.00287. The molecule has 1 aromatic carbocycles. The lowest BCUT2D eigenvalue weighted by atomic mass is 10.00. The first kappa shape index (κ1) is 9.53. The van der Waals surface area contributed by atoms with Gasteiger partial charge in [0.25, 0.3) is 0 Å². The van der Waals surface area contributed by atoms with Crippen molar-refractivity contribution in [1.29, 1.82) is 0 Å². The number of benzene rings is 1. The molecule has 1 aromatic rings. The zero-order chi connectivity index (χ0) is 10.1. The highest BCUT2D eigenvalue weighted by Crippen LogP contribution is 2.38. The second-order valence-corrected chi connectivity index (χ2v) is 4.35. The number of hydrogen-bond acceptors (Lipinski definition) is 2. The molecule has 0 heterocycles. The zero-order valence-corrected chi connectivity index (χ0v) is 8.53. The summed E-state index contributed by atoms with van der Waals surface area (Å²) in [5.41, 5.74) is 7.99. The highest BCUT2D eigenvalue weighted by Gasteiger charge is 2.25. The van der Waals surface area contributed by atoms with Crippen LogP contribution in [-0.4, -0.2) is 5.11 Å². The topological polar surface area (TPSA) is 46.2 Å². The highest BCUT2D eigenvalue weighted by molar-refractivity contribution is 5.37. The van der Waals surface area contributed by atoms with Crippen LogP contribution in [0.1, 0.15) is 36.4 Å². The van der Waals surface area contributed by atoms with Gasteiger partial charge in [0.15, 0.2) is 0 Å². The average Bonchev–Trinajstić information content (AvgIpc) is 2.87. The maximum absolute atomic E-state index is 9.72. The van der Waals surface area contributed by atoms with Crippen LogP contribution in [0.25, 0.3) is 0 Å². The molecule has 2 nitrogen and oxygen atoms in total. The van der Waals surface area contributed by atoms with Gasteiger partial charge >= 0.3 is 0 Å². The summed E-state index contributed by atoms with van der Waals surface area (Å²) >= 11 is 0. The van der Waals surface area contributed by atoms with E-state index >= 15 is 0 Å². The van der Waals surface area contributed by atoms with Crippen LogP contribution in [0.4, 0.5) is 0 Å². The molecule has 76 valence electrons. The summed E-state index contributed by atoms with van der Waals surface area (Å²) in [6.45, 7) is 1.97. The number of rotatable bonds is 3. The van der Waals surface area contributed by atoms with Crippen LogP contribution in [0.3, 0.4) is 0 Å². The summed E-state index contributed by atoms with van der Waals surface area (Å²) in [4.78, 5) is 0. The molecule has 3 N–H and O–H groups in total. The normalized spacial score (nSPS) is 18.1. The van der Waals surface area contributed by atoms with Crippen molar-refractivity contribution in [3.05, 3.63) is 29.3 Å². The number of phenolic OH excluding ortho intramolecular Hbond substituents is 1. The molecule has 0 aromatic heterocycles. The minimum absolute atomic E-state index is 0.00287. The Balaban J connectivity index is 2.13. The molecule has 1 aliphatic carbocycles. The zero-order valence-electron chi connectivity index (χ0n) is 8.53. The monoisotopic (exact) mass is 191 g/mol. The molecule has 0 saturated heterocycles. The summed E-state index contributed by atoms with van der Waals surface area (Å²) < 4.78 is 0. The summed E-state index contributed by atoms with van der Waals surface area (Å²) in [5, 5.41) is 9.72. The summed E-state index contributed by atoms with van der Waals surface area (Å²) in [6.07, 6.45) is 3.62. The van der Waals surface area contributed by atoms with Gasteiger partial charge in [-0.25, -0.2) is 0 Å². The molecule has 2 heteroatoms. The first-order valence-electron chi connectivity index (χ1n) is 5.22. The van der Waals surface area contributed by atoms with Crippen LogP contribution >= 0.6 is 0 Å². The van der Waals surface area contributed by atoms with Gasteiger partial charge in [0.05, 0.1) is 0 Å². The number of hydrogen-bond donors (Lipinski definition) is 2. The Morgan fingerprint density at radius 3 is 2.79 bits per heavy atom. The number of phenols is 1. The quantitative estimate of drug-likeness (QED) is 0.771. The molecule has 1 saturated carbocycles. The van der Waals surface area contributed by atoms with Crippen molar-refractivity contribution in [2.45, 2.75) is 32.2 Å². The van der Waals surface area contributed by atoms with Crippen molar-refractivity contribution in [2.75, 3.05) is 0 Å². The predicted octanol–water partition coefficient (Wildman–Crippen LogP) is 2.50. The summed E-state index contributed by atoms with van der Waals surface area (Å²) in [5.74, 6) is 1.14. The maximum Gasteiger partial charge on any atom is 0.120 e. The van der Waals surface area contributed by atoms with Crippen LogP contribution in [0.2, 0.25) is 0 Å². The van der Waals surface area contributed by atoms with E-state index in [0.717, 1.165) is 23.5 Å². The van der Waals surface area contributed by atoms with Gasteiger partial charge in [-0.15, -0.1) is 0 Å². The number of aromatic hydroxyl groups is 1. The van der Waals surface area contributed by atoms with Crippen molar-refractivity contribution in [3.63, 3.8) is 0 Å². The van der Waals surface area contributed by atoms with Crippen molar-refractivity contribution < 1.29 is 5.11 Å². The molecule has 2 rings (SSSR count). The summed E-state index contributed by atoms with van der Waals surface area (Å²) in [7, 11) is 0. The molecule has 0 radical (unpaired) electrons. The third kappa shape index (κ3) is 2.07. The lowest BCUT2D eigenvalue weighted by Crippen LogP contribution is -2.11. The van der Waals surface area contributed by atoms with Crippen molar-refractivity contribution in [3.8, 4) is 5.75 Å². The van der Waals surface area contributed by atoms with Gasteiger partial charge in [-0.3, -0.25) is 0 Å². The molecule has 0 unspecified atom stereocenters. The van der Waals surface area contributed by atoms with Crippen LogP contribution in [-0.2, 0) is 0 Å². The highest BCUT2D eigenvalue weighted by atomic mass is 16.3. The summed E-state index contributed by atoms with van der Waals surface area (Å²) in [6, 6.07) is 5.73.